The van der Waals surface area contributed by atoms with Gasteiger partial charge in [0, 0.05) is 32.1 Å². The van der Waals surface area contributed by atoms with E-state index in [1.54, 1.807) is 0 Å². The molecular weight excluding hydrogens is 266 g/mol. The predicted molar refractivity (Wildman–Crippen MR) is 85.7 cm³/mol. The van der Waals surface area contributed by atoms with Gasteiger partial charge in [-0.15, -0.1) is 0 Å². The maximum Gasteiger partial charge on any atom is 0.193 e. The summed E-state index contributed by atoms with van der Waals surface area (Å²) < 4.78 is 11.1. The average molecular weight is 291 g/mol. The van der Waals surface area contributed by atoms with Crippen molar-refractivity contribution in [3.05, 3.63) is 29.8 Å². The maximum absolute atomic E-state index is 5.85. The van der Waals surface area contributed by atoms with E-state index in [0.717, 1.165) is 44.8 Å². The van der Waals surface area contributed by atoms with Gasteiger partial charge in [0.25, 0.3) is 0 Å². The number of hydrogen-bond acceptors (Lipinski definition) is 3. The fraction of sp³-hybridized carbons (Fsp3) is 0.562. The van der Waals surface area contributed by atoms with Gasteiger partial charge in [0.05, 0.1) is 6.10 Å². The van der Waals surface area contributed by atoms with E-state index in [9.17, 15) is 0 Å². The molecule has 1 heterocycles. The minimum Gasteiger partial charge on any atom is -0.381 e. The highest BCUT2D eigenvalue weighted by Gasteiger charge is 2.13. The Morgan fingerprint density at radius 1 is 1.33 bits per heavy atom. The van der Waals surface area contributed by atoms with Crippen molar-refractivity contribution in [1.29, 1.82) is 0 Å². The van der Waals surface area contributed by atoms with Crippen molar-refractivity contribution in [3.8, 4) is 0 Å². The number of nitrogens with one attached hydrogen (secondary N) is 1. The second kappa shape index (κ2) is 8.64. The van der Waals surface area contributed by atoms with Crippen LogP contribution in [0.25, 0.3) is 0 Å². The standard InChI is InChI=1S/C16H25N3O2/c1-13-3-5-14(6-4-13)19-16(17)18-9-2-10-21-15-7-11-20-12-8-15/h3-6,15H,2,7-12H2,1H3,(H3,17,18,19). The van der Waals surface area contributed by atoms with Crippen molar-refractivity contribution in [2.45, 2.75) is 32.3 Å². The third kappa shape index (κ3) is 6.14. The molecule has 2 rings (SSSR count). The molecule has 1 aliphatic rings. The van der Waals surface area contributed by atoms with Gasteiger partial charge in [-0.3, -0.25) is 4.99 Å². The molecule has 1 fully saturated rings. The molecule has 1 saturated heterocycles. The summed E-state index contributed by atoms with van der Waals surface area (Å²) in [7, 11) is 0. The number of hydrogen-bond donors (Lipinski definition) is 2. The number of anilines is 1. The van der Waals surface area contributed by atoms with Crippen LogP contribution in [0, 0.1) is 6.92 Å². The minimum absolute atomic E-state index is 0.353. The molecule has 0 aromatic heterocycles. The van der Waals surface area contributed by atoms with Crippen LogP contribution in [0.5, 0.6) is 0 Å². The number of rotatable bonds is 6. The van der Waals surface area contributed by atoms with Crippen molar-refractivity contribution < 1.29 is 9.47 Å². The Morgan fingerprint density at radius 2 is 2.05 bits per heavy atom. The monoisotopic (exact) mass is 291 g/mol. The highest BCUT2D eigenvalue weighted by Crippen LogP contribution is 2.10. The second-order valence-corrected chi connectivity index (χ2v) is 5.29. The lowest BCUT2D eigenvalue weighted by Crippen LogP contribution is -2.24. The van der Waals surface area contributed by atoms with Crippen LogP contribution in [-0.4, -0.2) is 38.4 Å². The lowest BCUT2D eigenvalue weighted by atomic mass is 10.1. The Kier molecular flexibility index (Phi) is 6.50. The number of aryl methyl sites for hydroxylation is 1. The molecule has 1 aliphatic heterocycles. The summed E-state index contributed by atoms with van der Waals surface area (Å²) in [5.74, 6) is 0.449. The first kappa shape index (κ1) is 15.8. The fourth-order valence-electron chi connectivity index (χ4n) is 2.18. The van der Waals surface area contributed by atoms with Crippen LogP contribution in [-0.2, 0) is 9.47 Å². The van der Waals surface area contributed by atoms with E-state index < -0.39 is 0 Å². The van der Waals surface area contributed by atoms with Gasteiger partial charge in [-0.25, -0.2) is 0 Å². The smallest absolute Gasteiger partial charge is 0.193 e. The Bertz CT molecular complexity index is 439. The fourth-order valence-corrected chi connectivity index (χ4v) is 2.18. The van der Waals surface area contributed by atoms with Gasteiger partial charge in [-0.2, -0.15) is 0 Å². The number of guanidine groups is 1. The summed E-state index contributed by atoms with van der Waals surface area (Å²) in [5.41, 5.74) is 8.03. The highest BCUT2D eigenvalue weighted by molar-refractivity contribution is 5.92. The molecule has 0 radical (unpaired) electrons. The Balaban J connectivity index is 1.60. The molecular formula is C16H25N3O2. The van der Waals surface area contributed by atoms with Crippen LogP contribution in [0.2, 0.25) is 0 Å². The zero-order valence-electron chi connectivity index (χ0n) is 12.7. The highest BCUT2D eigenvalue weighted by atomic mass is 16.5. The minimum atomic E-state index is 0.353. The molecule has 0 saturated carbocycles. The summed E-state index contributed by atoms with van der Waals surface area (Å²) in [6, 6.07) is 8.06. The molecule has 0 unspecified atom stereocenters. The molecule has 0 bridgehead atoms. The zero-order chi connectivity index (χ0) is 14.9. The van der Waals surface area contributed by atoms with E-state index in [0.29, 0.717) is 18.6 Å². The van der Waals surface area contributed by atoms with Crippen LogP contribution in [0.15, 0.2) is 29.3 Å². The van der Waals surface area contributed by atoms with Crippen molar-refractivity contribution in [2.75, 3.05) is 31.7 Å². The summed E-state index contributed by atoms with van der Waals surface area (Å²) in [4.78, 5) is 4.30. The first-order valence-corrected chi connectivity index (χ1v) is 7.57. The molecule has 1 aromatic carbocycles. The largest absolute Gasteiger partial charge is 0.381 e. The lowest BCUT2D eigenvalue weighted by Gasteiger charge is -2.22. The average Bonchev–Trinajstić information content (AvgIpc) is 2.50. The Morgan fingerprint density at radius 3 is 2.76 bits per heavy atom. The summed E-state index contributed by atoms with van der Waals surface area (Å²) in [6.07, 6.45) is 3.24. The quantitative estimate of drug-likeness (QED) is 0.479. The van der Waals surface area contributed by atoms with Crippen molar-refractivity contribution >= 4 is 11.6 Å². The van der Waals surface area contributed by atoms with Gasteiger partial charge in [0.1, 0.15) is 0 Å². The van der Waals surface area contributed by atoms with E-state index in [-0.39, 0.29) is 0 Å². The van der Waals surface area contributed by atoms with Gasteiger partial charge in [0.2, 0.25) is 0 Å². The topological polar surface area (TPSA) is 68.9 Å². The normalized spacial score (nSPS) is 16.9. The molecule has 5 nitrogen and oxygen atoms in total. The Labute approximate surface area is 126 Å². The first-order chi connectivity index (χ1) is 10.2. The van der Waals surface area contributed by atoms with E-state index in [1.807, 2.05) is 24.3 Å². The summed E-state index contributed by atoms with van der Waals surface area (Å²) in [5, 5.41) is 3.08. The van der Waals surface area contributed by atoms with Crippen molar-refractivity contribution in [1.82, 2.24) is 0 Å². The van der Waals surface area contributed by atoms with E-state index in [1.165, 1.54) is 5.56 Å². The second-order valence-electron chi connectivity index (χ2n) is 5.29. The van der Waals surface area contributed by atoms with Crippen LogP contribution in [0.4, 0.5) is 5.69 Å². The molecule has 5 heteroatoms. The Hall–Kier alpha value is -1.59. The van der Waals surface area contributed by atoms with Gasteiger partial charge >= 0.3 is 0 Å². The van der Waals surface area contributed by atoms with Crippen molar-refractivity contribution in [3.63, 3.8) is 0 Å². The number of ether oxygens (including phenoxy) is 2. The van der Waals surface area contributed by atoms with E-state index in [4.69, 9.17) is 15.2 Å². The van der Waals surface area contributed by atoms with Crippen LogP contribution >= 0.6 is 0 Å². The number of benzene rings is 1. The molecule has 3 N–H and O–H groups in total. The van der Waals surface area contributed by atoms with Crippen LogP contribution in [0.3, 0.4) is 0 Å². The van der Waals surface area contributed by atoms with E-state index >= 15 is 0 Å². The predicted octanol–water partition coefficient (Wildman–Crippen LogP) is 2.31. The maximum atomic E-state index is 5.85. The number of nitrogens with two attached hydrogens (primary N) is 1. The number of aliphatic imine (C=N–C) groups is 1. The lowest BCUT2D eigenvalue weighted by molar-refractivity contribution is -0.0318. The molecule has 116 valence electrons. The number of nitrogens with zero attached hydrogens (tertiary/aromatic N) is 1. The zero-order valence-corrected chi connectivity index (χ0v) is 12.7. The molecule has 0 aliphatic carbocycles. The van der Waals surface area contributed by atoms with Gasteiger partial charge in [-0.05, 0) is 38.3 Å². The summed E-state index contributed by atoms with van der Waals surface area (Å²) >= 11 is 0. The molecule has 1 aromatic rings. The summed E-state index contributed by atoms with van der Waals surface area (Å²) in [6.45, 7) is 5.09. The molecule has 0 amide bonds. The van der Waals surface area contributed by atoms with Crippen LogP contribution in [0.1, 0.15) is 24.8 Å². The third-order valence-electron chi connectivity index (χ3n) is 3.43. The van der Waals surface area contributed by atoms with Crippen molar-refractivity contribution in [2.24, 2.45) is 10.7 Å². The van der Waals surface area contributed by atoms with Gasteiger partial charge in [-0.1, -0.05) is 17.7 Å². The van der Waals surface area contributed by atoms with Gasteiger partial charge < -0.3 is 20.5 Å². The van der Waals surface area contributed by atoms with Crippen LogP contribution < -0.4 is 11.1 Å². The molecule has 0 spiro atoms. The molecule has 21 heavy (non-hydrogen) atoms. The molecule has 0 atom stereocenters. The van der Waals surface area contributed by atoms with E-state index in [2.05, 4.69) is 17.2 Å². The third-order valence-corrected chi connectivity index (χ3v) is 3.43. The SMILES string of the molecule is Cc1ccc(NC(N)=NCCCOC2CCOCC2)cc1. The van der Waals surface area contributed by atoms with Gasteiger partial charge in [0.15, 0.2) is 5.96 Å². The first-order valence-electron chi connectivity index (χ1n) is 7.57.